The third-order valence-corrected chi connectivity index (χ3v) is 5.13. The molecule has 0 spiro atoms. The Morgan fingerprint density at radius 3 is 2.45 bits per heavy atom. The number of hydrogen-bond donors (Lipinski definition) is 0. The number of hydrogen-bond acceptors (Lipinski definition) is 5. The topological polar surface area (TPSA) is 81.9 Å². The van der Waals surface area contributed by atoms with Crippen LogP contribution in [-0.2, 0) is 10.0 Å². The highest BCUT2D eigenvalue weighted by Crippen LogP contribution is 2.26. The van der Waals surface area contributed by atoms with Crippen molar-refractivity contribution in [3.05, 3.63) is 53.3 Å². The van der Waals surface area contributed by atoms with Gasteiger partial charge >= 0.3 is 0 Å². The lowest BCUT2D eigenvalue weighted by molar-refractivity contribution is 0.101. The summed E-state index contributed by atoms with van der Waals surface area (Å²) in [6.07, 6.45) is 1.34. The number of aromatic nitrogens is 3. The summed E-state index contributed by atoms with van der Waals surface area (Å²) >= 11 is 5.89. The zero-order valence-electron chi connectivity index (χ0n) is 11.4. The number of fused-ring (bicyclic) bond motifs is 1. The van der Waals surface area contributed by atoms with E-state index in [-0.39, 0.29) is 27.0 Å². The van der Waals surface area contributed by atoms with Crippen LogP contribution in [-0.4, -0.2) is 28.4 Å². The Morgan fingerprint density at radius 2 is 1.82 bits per heavy atom. The maximum absolute atomic E-state index is 12.7. The first-order valence-electron chi connectivity index (χ1n) is 6.27. The summed E-state index contributed by atoms with van der Waals surface area (Å²) in [5.74, 6) is -0.306. The molecule has 0 amide bonds. The van der Waals surface area contributed by atoms with E-state index in [1.807, 2.05) is 0 Å². The van der Waals surface area contributed by atoms with Gasteiger partial charge in [-0.2, -0.15) is 0 Å². The summed E-state index contributed by atoms with van der Waals surface area (Å²) < 4.78 is 26.3. The number of nitrogens with zero attached hydrogens (tertiary/aromatic N) is 3. The molecule has 0 unspecified atom stereocenters. The Kier molecular flexibility index (Phi) is 3.46. The molecule has 0 aliphatic heterocycles. The molecule has 0 saturated carbocycles. The third-order valence-electron chi connectivity index (χ3n) is 3.19. The molecule has 0 radical (unpaired) electrons. The molecule has 2 aromatic heterocycles. The highest BCUT2D eigenvalue weighted by Gasteiger charge is 2.23. The molecule has 112 valence electrons. The third kappa shape index (κ3) is 2.18. The van der Waals surface area contributed by atoms with E-state index in [1.165, 1.54) is 31.3 Å². The number of carbonyl (C=O) groups is 1. The van der Waals surface area contributed by atoms with Crippen LogP contribution in [0.1, 0.15) is 17.3 Å². The van der Waals surface area contributed by atoms with E-state index in [0.717, 1.165) is 3.97 Å². The van der Waals surface area contributed by atoms with Crippen molar-refractivity contribution < 1.29 is 13.2 Å². The van der Waals surface area contributed by atoms with Crippen LogP contribution in [0.4, 0.5) is 0 Å². The normalized spacial score (nSPS) is 11.7. The van der Waals surface area contributed by atoms with Crippen molar-refractivity contribution >= 4 is 38.4 Å². The monoisotopic (exact) mass is 335 g/mol. The summed E-state index contributed by atoms with van der Waals surface area (Å²) in [6.45, 7) is 1.34. The first-order chi connectivity index (χ1) is 10.4. The maximum Gasteiger partial charge on any atom is 0.269 e. The smallest absolute Gasteiger partial charge is 0.269 e. The summed E-state index contributed by atoms with van der Waals surface area (Å²) in [6, 6.07) is 9.43. The lowest BCUT2D eigenvalue weighted by Crippen LogP contribution is -2.13. The van der Waals surface area contributed by atoms with Crippen LogP contribution < -0.4 is 0 Å². The van der Waals surface area contributed by atoms with Crippen molar-refractivity contribution in [2.45, 2.75) is 11.8 Å². The molecule has 0 bridgehead atoms. The van der Waals surface area contributed by atoms with E-state index in [4.69, 9.17) is 11.6 Å². The van der Waals surface area contributed by atoms with E-state index in [2.05, 4.69) is 10.2 Å². The number of halogens is 1. The second-order valence-electron chi connectivity index (χ2n) is 4.59. The molecule has 0 N–H and O–H groups in total. The van der Waals surface area contributed by atoms with Gasteiger partial charge in [-0.1, -0.05) is 29.8 Å². The number of Topliss-reactive ketones (excluding diaryl/α,β-unsaturated/α-hetero) is 1. The molecule has 0 aliphatic carbocycles. The fourth-order valence-corrected chi connectivity index (χ4v) is 3.77. The summed E-state index contributed by atoms with van der Waals surface area (Å²) in [5, 5.41) is 7.81. The van der Waals surface area contributed by atoms with Crippen LogP contribution in [0.15, 0.2) is 47.5 Å². The second kappa shape index (κ2) is 5.19. The molecule has 1 aromatic carbocycles. The van der Waals surface area contributed by atoms with Gasteiger partial charge in [0.25, 0.3) is 10.0 Å². The number of rotatable bonds is 3. The average Bonchev–Trinajstić information content (AvgIpc) is 2.92. The van der Waals surface area contributed by atoms with E-state index in [1.54, 1.807) is 18.2 Å². The van der Waals surface area contributed by atoms with Gasteiger partial charge in [-0.3, -0.25) is 4.79 Å². The molecule has 0 atom stereocenters. The Morgan fingerprint density at radius 1 is 1.14 bits per heavy atom. The van der Waals surface area contributed by atoms with E-state index >= 15 is 0 Å². The molecule has 0 saturated heterocycles. The molecule has 2 heterocycles. The Balaban J connectivity index is 2.31. The van der Waals surface area contributed by atoms with Crippen LogP contribution >= 0.6 is 11.6 Å². The Hall–Kier alpha value is -2.25. The van der Waals surface area contributed by atoms with E-state index in [9.17, 15) is 13.2 Å². The van der Waals surface area contributed by atoms with Crippen LogP contribution in [0.5, 0.6) is 0 Å². The molecule has 0 aliphatic rings. The van der Waals surface area contributed by atoms with Crippen LogP contribution in [0.25, 0.3) is 11.0 Å². The summed E-state index contributed by atoms with van der Waals surface area (Å²) in [7, 11) is -3.82. The molecule has 22 heavy (non-hydrogen) atoms. The predicted molar refractivity (Wildman–Crippen MR) is 81.6 cm³/mol. The maximum atomic E-state index is 12.7. The molecular weight excluding hydrogens is 326 g/mol. The first-order valence-corrected chi connectivity index (χ1v) is 8.09. The molecule has 6 nitrogen and oxygen atoms in total. The molecule has 0 fully saturated rings. The van der Waals surface area contributed by atoms with Crippen molar-refractivity contribution in [3.8, 4) is 0 Å². The minimum absolute atomic E-state index is 0.0464. The minimum Gasteiger partial charge on any atom is -0.294 e. The van der Waals surface area contributed by atoms with Gasteiger partial charge in [0.2, 0.25) is 0 Å². The van der Waals surface area contributed by atoms with Crippen LogP contribution in [0.2, 0.25) is 5.15 Å². The van der Waals surface area contributed by atoms with Crippen molar-refractivity contribution in [2.75, 3.05) is 0 Å². The lowest BCUT2D eigenvalue weighted by Gasteiger charge is -2.07. The second-order valence-corrected chi connectivity index (χ2v) is 6.76. The van der Waals surface area contributed by atoms with Gasteiger partial charge in [0.1, 0.15) is 0 Å². The number of carbonyl (C=O) groups excluding carboxylic acids is 1. The number of ketones is 1. The zero-order chi connectivity index (χ0) is 15.9. The van der Waals surface area contributed by atoms with Gasteiger partial charge in [-0.25, -0.2) is 12.4 Å². The predicted octanol–water partition coefficient (Wildman–Crippen LogP) is 2.52. The SMILES string of the molecule is CC(=O)c1c(Cl)nnc2c1ccn2S(=O)(=O)c1ccccc1. The Bertz CT molecular complexity index is 981. The molecule has 3 rings (SSSR count). The van der Waals surface area contributed by atoms with Crippen molar-refractivity contribution in [1.82, 2.24) is 14.2 Å². The summed E-state index contributed by atoms with van der Waals surface area (Å²) in [5.41, 5.74) is 0.229. The van der Waals surface area contributed by atoms with E-state index < -0.39 is 10.0 Å². The first kappa shape index (κ1) is 14.7. The standard InChI is InChI=1S/C14H10ClN3O3S/c1-9(19)12-11-7-8-18(14(11)17-16-13(12)15)22(20,21)10-5-3-2-4-6-10/h2-8H,1H3. The summed E-state index contributed by atoms with van der Waals surface area (Å²) in [4.78, 5) is 11.8. The van der Waals surface area contributed by atoms with Gasteiger partial charge in [0.05, 0.1) is 10.5 Å². The van der Waals surface area contributed by atoms with Gasteiger partial charge < -0.3 is 0 Å². The highest BCUT2D eigenvalue weighted by molar-refractivity contribution is 7.90. The average molecular weight is 336 g/mol. The van der Waals surface area contributed by atoms with Gasteiger partial charge in [0.15, 0.2) is 16.6 Å². The van der Waals surface area contributed by atoms with Crippen molar-refractivity contribution in [2.24, 2.45) is 0 Å². The lowest BCUT2D eigenvalue weighted by atomic mass is 10.1. The van der Waals surface area contributed by atoms with Crippen LogP contribution in [0, 0.1) is 0 Å². The van der Waals surface area contributed by atoms with Gasteiger partial charge in [0, 0.05) is 11.6 Å². The van der Waals surface area contributed by atoms with Crippen LogP contribution in [0.3, 0.4) is 0 Å². The van der Waals surface area contributed by atoms with E-state index in [0.29, 0.717) is 5.39 Å². The quantitative estimate of drug-likeness (QED) is 0.687. The fourth-order valence-electron chi connectivity index (χ4n) is 2.19. The molecule has 3 aromatic rings. The fraction of sp³-hybridized carbons (Fsp3) is 0.0714. The Labute approximate surface area is 131 Å². The largest absolute Gasteiger partial charge is 0.294 e. The molecular formula is C14H10ClN3O3S. The van der Waals surface area contributed by atoms with Crippen molar-refractivity contribution in [1.29, 1.82) is 0 Å². The number of benzene rings is 1. The van der Waals surface area contributed by atoms with Gasteiger partial charge in [-0.05, 0) is 25.1 Å². The highest BCUT2D eigenvalue weighted by atomic mass is 35.5. The minimum atomic E-state index is -3.82. The molecule has 8 heteroatoms. The zero-order valence-corrected chi connectivity index (χ0v) is 13.0. The van der Waals surface area contributed by atoms with Gasteiger partial charge in [-0.15, -0.1) is 10.2 Å². The van der Waals surface area contributed by atoms with Crippen molar-refractivity contribution in [3.63, 3.8) is 0 Å².